The van der Waals surface area contributed by atoms with Crippen LogP contribution in [-0.2, 0) is 9.59 Å². The Morgan fingerprint density at radius 3 is 2.52 bits per heavy atom. The van der Waals surface area contributed by atoms with Crippen LogP contribution in [0.2, 0.25) is 0 Å². The highest BCUT2D eigenvalue weighted by atomic mass is 16.1. The molecule has 0 radical (unpaired) electrons. The molecule has 2 nitrogen and oxygen atoms in total. The van der Waals surface area contributed by atoms with Gasteiger partial charge in [0.2, 0.25) is 0 Å². The molecule has 2 aliphatic carbocycles. The van der Waals surface area contributed by atoms with Crippen LogP contribution < -0.4 is 0 Å². The molecule has 0 N–H and O–H groups in total. The first-order chi connectivity index (χ1) is 13.7. The minimum Gasteiger partial charge on any atom is -0.299 e. The molecular formula is C27H44O2. The molecule has 4 atom stereocenters. The van der Waals surface area contributed by atoms with Gasteiger partial charge in [-0.15, -0.1) is 0 Å². The lowest BCUT2D eigenvalue weighted by atomic mass is 9.64. The van der Waals surface area contributed by atoms with Crippen LogP contribution in [0.5, 0.6) is 0 Å². The second kappa shape index (κ2) is 11.3. The summed E-state index contributed by atoms with van der Waals surface area (Å²) in [6, 6.07) is 0. The summed E-state index contributed by atoms with van der Waals surface area (Å²) in [6.07, 6.45) is 17.0. The van der Waals surface area contributed by atoms with E-state index in [0.29, 0.717) is 30.5 Å². The Morgan fingerprint density at radius 2 is 1.79 bits per heavy atom. The Hall–Kier alpha value is -1.18. The van der Waals surface area contributed by atoms with Gasteiger partial charge in [-0.2, -0.15) is 0 Å². The van der Waals surface area contributed by atoms with Gasteiger partial charge in [0.25, 0.3) is 0 Å². The fourth-order valence-electron chi connectivity index (χ4n) is 5.90. The van der Waals surface area contributed by atoms with Gasteiger partial charge in [0, 0.05) is 18.8 Å². The summed E-state index contributed by atoms with van der Waals surface area (Å²) >= 11 is 0. The zero-order valence-corrected chi connectivity index (χ0v) is 19.6. The van der Waals surface area contributed by atoms with Crippen molar-refractivity contribution >= 4 is 11.6 Å². The predicted molar refractivity (Wildman–Crippen MR) is 123 cm³/mol. The first-order valence-electron chi connectivity index (χ1n) is 12.1. The molecule has 0 bridgehead atoms. The summed E-state index contributed by atoms with van der Waals surface area (Å²) in [6.45, 7) is 11.6. The summed E-state index contributed by atoms with van der Waals surface area (Å²) in [4.78, 5) is 25.3. The molecule has 0 aromatic carbocycles. The molecule has 164 valence electrons. The number of ketones is 2. The van der Waals surface area contributed by atoms with E-state index in [4.69, 9.17) is 0 Å². The van der Waals surface area contributed by atoms with Gasteiger partial charge < -0.3 is 0 Å². The van der Waals surface area contributed by atoms with E-state index in [1.54, 1.807) is 6.08 Å². The highest BCUT2D eigenvalue weighted by Crippen LogP contribution is 2.55. The normalized spacial score (nSPS) is 33.7. The van der Waals surface area contributed by atoms with E-state index >= 15 is 0 Å². The molecule has 0 amide bonds. The largest absolute Gasteiger partial charge is 0.299 e. The van der Waals surface area contributed by atoms with E-state index in [-0.39, 0.29) is 17.1 Å². The molecule has 1 fully saturated rings. The number of allylic oxidation sites excluding steroid dienone is 4. The monoisotopic (exact) mass is 400 g/mol. The van der Waals surface area contributed by atoms with Gasteiger partial charge in [0.1, 0.15) is 5.78 Å². The first-order valence-corrected chi connectivity index (χ1v) is 12.1. The van der Waals surface area contributed by atoms with Crippen molar-refractivity contribution in [3.63, 3.8) is 0 Å². The average molecular weight is 401 g/mol. The summed E-state index contributed by atoms with van der Waals surface area (Å²) in [7, 11) is 0. The zero-order chi connectivity index (χ0) is 21.4. The molecule has 0 spiro atoms. The molecule has 29 heavy (non-hydrogen) atoms. The van der Waals surface area contributed by atoms with E-state index in [1.807, 2.05) is 6.08 Å². The minimum atomic E-state index is 0.0775. The molecule has 1 saturated carbocycles. The average Bonchev–Trinajstić information content (AvgIpc) is 2.99. The number of hydrogen-bond donors (Lipinski definition) is 0. The number of carbonyl (C=O) groups is 2. The van der Waals surface area contributed by atoms with Crippen LogP contribution in [0, 0.1) is 29.1 Å². The van der Waals surface area contributed by atoms with Crippen LogP contribution in [0.15, 0.2) is 23.8 Å². The molecule has 0 heterocycles. The Morgan fingerprint density at radius 1 is 1.03 bits per heavy atom. The van der Waals surface area contributed by atoms with Crippen molar-refractivity contribution in [2.75, 3.05) is 0 Å². The quantitative estimate of drug-likeness (QED) is 0.448. The van der Waals surface area contributed by atoms with Crippen LogP contribution in [0.1, 0.15) is 105 Å². The standard InChI is InChI=1S/C27H44O2/c1-20(2)10-8-13-22(4)24-16-17-25-26(29)18-15-23(28)14-7-6-11-21(3)12-9-19-27(24,25)5/h7,12,14,20,22,24-25H,6,8-11,13,15-19H2,1-5H3/b14-7+,21-12+/t22-,24-,25+,27-/m1/s1. The molecule has 0 aliphatic heterocycles. The predicted octanol–water partition coefficient (Wildman–Crippen LogP) is 7.48. The molecule has 2 rings (SSSR count). The van der Waals surface area contributed by atoms with Crippen molar-refractivity contribution in [3.8, 4) is 0 Å². The number of fused-ring (bicyclic) bond motifs is 1. The van der Waals surface area contributed by atoms with Gasteiger partial charge in [-0.25, -0.2) is 0 Å². The van der Waals surface area contributed by atoms with Gasteiger partial charge in [0.05, 0.1) is 0 Å². The smallest absolute Gasteiger partial charge is 0.155 e. The second-order valence-electron chi connectivity index (χ2n) is 10.5. The topological polar surface area (TPSA) is 34.1 Å². The lowest BCUT2D eigenvalue weighted by Gasteiger charge is -2.40. The van der Waals surface area contributed by atoms with Crippen molar-refractivity contribution in [1.29, 1.82) is 0 Å². The van der Waals surface area contributed by atoms with Crippen molar-refractivity contribution in [1.82, 2.24) is 0 Å². The molecular weight excluding hydrogens is 356 g/mol. The van der Waals surface area contributed by atoms with E-state index in [9.17, 15) is 9.59 Å². The zero-order valence-electron chi connectivity index (χ0n) is 19.6. The first kappa shape index (κ1) is 24.1. The Balaban J connectivity index is 2.17. The Kier molecular flexibility index (Phi) is 9.37. The SMILES string of the molecule is C/C1=C\CC[C@]2(C)[C@@H]([C@H](C)CCCC(C)C)CC[C@H]2C(=O)CCC(=O)/C=C/CC1. The lowest BCUT2D eigenvalue weighted by molar-refractivity contribution is -0.128. The minimum absolute atomic E-state index is 0.0775. The Bertz CT molecular complexity index is 612. The van der Waals surface area contributed by atoms with Crippen LogP contribution in [0.4, 0.5) is 0 Å². The van der Waals surface area contributed by atoms with Crippen LogP contribution in [-0.4, -0.2) is 11.6 Å². The molecule has 0 saturated heterocycles. The van der Waals surface area contributed by atoms with Crippen molar-refractivity contribution < 1.29 is 9.59 Å². The molecule has 0 aromatic rings. The number of Topliss-reactive ketones (excluding diaryl/α,β-unsaturated/α-hetero) is 1. The van der Waals surface area contributed by atoms with Gasteiger partial charge in [-0.1, -0.05) is 64.7 Å². The van der Waals surface area contributed by atoms with E-state index < -0.39 is 0 Å². The third-order valence-electron chi connectivity index (χ3n) is 7.73. The molecule has 2 heteroatoms. The molecule has 2 aliphatic rings. The summed E-state index contributed by atoms with van der Waals surface area (Å²) in [5.74, 6) is 2.64. The second-order valence-corrected chi connectivity index (χ2v) is 10.5. The fourth-order valence-corrected chi connectivity index (χ4v) is 5.90. The number of hydrogen-bond acceptors (Lipinski definition) is 2. The molecule has 0 aromatic heterocycles. The fraction of sp³-hybridized carbons (Fsp3) is 0.778. The molecule has 0 unspecified atom stereocenters. The maximum absolute atomic E-state index is 13.2. The number of rotatable bonds is 5. The third-order valence-corrected chi connectivity index (χ3v) is 7.73. The van der Waals surface area contributed by atoms with Crippen molar-refractivity contribution in [3.05, 3.63) is 23.8 Å². The highest BCUT2D eigenvalue weighted by Gasteiger charge is 2.50. The van der Waals surface area contributed by atoms with E-state index in [0.717, 1.165) is 38.0 Å². The van der Waals surface area contributed by atoms with Crippen LogP contribution in [0.3, 0.4) is 0 Å². The van der Waals surface area contributed by atoms with Crippen LogP contribution in [0.25, 0.3) is 0 Å². The summed E-state index contributed by atoms with van der Waals surface area (Å²) < 4.78 is 0. The van der Waals surface area contributed by atoms with Gasteiger partial charge >= 0.3 is 0 Å². The van der Waals surface area contributed by atoms with E-state index in [2.05, 4.69) is 40.7 Å². The van der Waals surface area contributed by atoms with Gasteiger partial charge in [0.15, 0.2) is 5.78 Å². The van der Waals surface area contributed by atoms with Crippen molar-refractivity contribution in [2.24, 2.45) is 29.1 Å². The van der Waals surface area contributed by atoms with Gasteiger partial charge in [-0.3, -0.25) is 9.59 Å². The van der Waals surface area contributed by atoms with E-state index in [1.165, 1.54) is 31.3 Å². The lowest BCUT2D eigenvalue weighted by Crippen LogP contribution is -2.36. The Labute approximate surface area is 179 Å². The maximum Gasteiger partial charge on any atom is 0.155 e. The maximum atomic E-state index is 13.2. The summed E-state index contributed by atoms with van der Waals surface area (Å²) in [5.41, 5.74) is 1.49. The van der Waals surface area contributed by atoms with Gasteiger partial charge in [-0.05, 0) is 74.7 Å². The highest BCUT2D eigenvalue weighted by molar-refractivity contribution is 5.93. The number of carbonyl (C=O) groups excluding carboxylic acids is 2. The van der Waals surface area contributed by atoms with Crippen molar-refractivity contribution in [2.45, 2.75) is 105 Å². The van der Waals surface area contributed by atoms with Crippen LogP contribution >= 0.6 is 0 Å². The third kappa shape index (κ3) is 6.93. The summed E-state index contributed by atoms with van der Waals surface area (Å²) in [5, 5.41) is 0.